The van der Waals surface area contributed by atoms with Gasteiger partial charge in [-0.15, -0.1) is 6.58 Å². The molecule has 0 aliphatic heterocycles. The number of carbonyl (C=O) groups is 1. The summed E-state index contributed by atoms with van der Waals surface area (Å²) in [7, 11) is 0. The van der Waals surface area contributed by atoms with E-state index in [1.807, 2.05) is 18.2 Å². The lowest BCUT2D eigenvalue weighted by Crippen LogP contribution is -2.08. The summed E-state index contributed by atoms with van der Waals surface area (Å²) in [6.45, 7) is 3.68. The van der Waals surface area contributed by atoms with Gasteiger partial charge < -0.3 is 4.74 Å². The lowest BCUT2D eigenvalue weighted by Gasteiger charge is -2.07. The Morgan fingerprint density at radius 2 is 1.64 bits per heavy atom. The van der Waals surface area contributed by atoms with Crippen LogP contribution in [0.1, 0.15) is 22.3 Å². The lowest BCUT2D eigenvalue weighted by atomic mass is 10.1. The molecule has 4 heteroatoms. The largest absolute Gasteiger partial charge is 0.423 e. The molecule has 0 aromatic heterocycles. The molecule has 0 unspecified atom stereocenters. The van der Waals surface area contributed by atoms with E-state index in [0.717, 1.165) is 30.5 Å². The van der Waals surface area contributed by atoms with Crippen molar-refractivity contribution in [2.24, 2.45) is 0 Å². The molecule has 0 saturated heterocycles. The van der Waals surface area contributed by atoms with Crippen molar-refractivity contribution in [2.75, 3.05) is 0 Å². The van der Waals surface area contributed by atoms with Crippen LogP contribution in [0.15, 0.2) is 67.3 Å². The Kier molecular flexibility index (Phi) is 4.89. The highest BCUT2D eigenvalue weighted by Crippen LogP contribution is 2.21. The highest BCUT2D eigenvalue weighted by Gasteiger charge is 2.11. The Morgan fingerprint density at radius 3 is 2.32 bits per heavy atom. The average Bonchev–Trinajstić information content (AvgIpc) is 2.61. The van der Waals surface area contributed by atoms with Crippen molar-refractivity contribution in [2.45, 2.75) is 12.8 Å². The second-order valence-electron chi connectivity index (χ2n) is 5.69. The van der Waals surface area contributed by atoms with Crippen LogP contribution < -0.4 is 4.74 Å². The van der Waals surface area contributed by atoms with Crippen LogP contribution in [-0.4, -0.2) is 5.97 Å². The van der Waals surface area contributed by atoms with Gasteiger partial charge in [0.2, 0.25) is 0 Å². The van der Waals surface area contributed by atoms with Gasteiger partial charge in [-0.3, -0.25) is 0 Å². The minimum atomic E-state index is -0.951. The number of aryl methyl sites for hydroxylation is 1. The molecule has 3 aromatic rings. The predicted molar refractivity (Wildman–Crippen MR) is 93.8 cm³/mol. The number of fused-ring (bicyclic) bond motifs is 1. The number of halogens is 2. The monoisotopic (exact) mass is 338 g/mol. The molecule has 0 spiro atoms. The van der Waals surface area contributed by atoms with Crippen LogP contribution in [0.3, 0.4) is 0 Å². The third-order valence-electron chi connectivity index (χ3n) is 3.89. The Morgan fingerprint density at radius 1 is 0.960 bits per heavy atom. The maximum atomic E-state index is 13.4. The van der Waals surface area contributed by atoms with Gasteiger partial charge in [-0.05, 0) is 65.6 Å². The molecule has 0 radical (unpaired) electrons. The molecule has 0 atom stereocenters. The summed E-state index contributed by atoms with van der Waals surface area (Å²) in [5.41, 5.74) is 1.40. The number of hydrogen-bond acceptors (Lipinski definition) is 2. The first-order valence-corrected chi connectivity index (χ1v) is 7.87. The zero-order valence-electron chi connectivity index (χ0n) is 13.5. The fourth-order valence-corrected chi connectivity index (χ4v) is 2.53. The van der Waals surface area contributed by atoms with Gasteiger partial charge in [-0.2, -0.15) is 0 Å². The number of allylic oxidation sites excluding steroid dienone is 1. The second kappa shape index (κ2) is 7.26. The van der Waals surface area contributed by atoms with Crippen molar-refractivity contribution in [3.8, 4) is 5.75 Å². The molecular formula is C21H16F2O2. The average molecular weight is 338 g/mol. The number of carbonyl (C=O) groups excluding carboxylic acids is 1. The van der Waals surface area contributed by atoms with Gasteiger partial charge in [0.1, 0.15) is 5.75 Å². The van der Waals surface area contributed by atoms with Crippen molar-refractivity contribution in [1.82, 2.24) is 0 Å². The second-order valence-corrected chi connectivity index (χ2v) is 5.69. The smallest absolute Gasteiger partial charge is 0.343 e. The molecule has 0 fully saturated rings. The first kappa shape index (κ1) is 16.8. The molecule has 0 aliphatic rings. The highest BCUT2D eigenvalue weighted by molar-refractivity contribution is 5.96. The third-order valence-corrected chi connectivity index (χ3v) is 3.89. The molecule has 0 aliphatic carbocycles. The van der Waals surface area contributed by atoms with E-state index in [9.17, 15) is 13.6 Å². The zero-order chi connectivity index (χ0) is 17.8. The number of ether oxygens (including phenoxy) is 1. The molecule has 0 amide bonds. The van der Waals surface area contributed by atoms with Crippen LogP contribution >= 0.6 is 0 Å². The standard InChI is InChI=1S/C21H16F2O2/c1-2-3-4-14-5-9-18(10-6-14)25-21(24)16-8-7-15-12-19(22)20(23)13-17(15)11-16/h2,5-13H,1,3-4H2. The maximum Gasteiger partial charge on any atom is 0.343 e. The molecule has 0 bridgehead atoms. The highest BCUT2D eigenvalue weighted by atomic mass is 19.2. The van der Waals surface area contributed by atoms with Gasteiger partial charge in [0.15, 0.2) is 11.6 Å². The van der Waals surface area contributed by atoms with E-state index in [4.69, 9.17) is 4.74 Å². The normalized spacial score (nSPS) is 10.6. The van der Waals surface area contributed by atoms with E-state index in [1.54, 1.807) is 18.2 Å². The van der Waals surface area contributed by atoms with E-state index < -0.39 is 17.6 Å². The molecule has 0 saturated carbocycles. The van der Waals surface area contributed by atoms with Crippen LogP contribution in [0, 0.1) is 11.6 Å². The first-order valence-electron chi connectivity index (χ1n) is 7.87. The van der Waals surface area contributed by atoms with Gasteiger partial charge in [0.05, 0.1) is 5.56 Å². The van der Waals surface area contributed by atoms with Crippen LogP contribution in [0.2, 0.25) is 0 Å². The van der Waals surface area contributed by atoms with Gasteiger partial charge in [-0.25, -0.2) is 13.6 Å². The van der Waals surface area contributed by atoms with Gasteiger partial charge >= 0.3 is 5.97 Å². The zero-order valence-corrected chi connectivity index (χ0v) is 13.5. The molecule has 3 rings (SSSR count). The number of rotatable bonds is 5. The minimum Gasteiger partial charge on any atom is -0.423 e. The van der Waals surface area contributed by atoms with Crippen LogP contribution in [0.5, 0.6) is 5.75 Å². The Bertz CT molecular complexity index is 931. The number of esters is 1. The molecular weight excluding hydrogens is 322 g/mol. The van der Waals surface area contributed by atoms with Crippen LogP contribution in [0.25, 0.3) is 10.8 Å². The van der Waals surface area contributed by atoms with Crippen molar-refractivity contribution >= 4 is 16.7 Å². The Balaban J connectivity index is 1.77. The fourth-order valence-electron chi connectivity index (χ4n) is 2.53. The first-order chi connectivity index (χ1) is 12.1. The van der Waals surface area contributed by atoms with Crippen molar-refractivity contribution in [3.63, 3.8) is 0 Å². The van der Waals surface area contributed by atoms with Crippen LogP contribution in [-0.2, 0) is 6.42 Å². The summed E-state index contributed by atoms with van der Waals surface area (Å²) < 4.78 is 31.9. The van der Waals surface area contributed by atoms with E-state index >= 15 is 0 Å². The molecule has 3 aromatic carbocycles. The Hall–Kier alpha value is -3.01. The van der Waals surface area contributed by atoms with Crippen molar-refractivity contribution in [1.29, 1.82) is 0 Å². The Labute approximate surface area is 144 Å². The number of hydrogen-bond donors (Lipinski definition) is 0. The minimum absolute atomic E-state index is 0.272. The molecule has 0 N–H and O–H groups in total. The molecule has 126 valence electrons. The van der Waals surface area contributed by atoms with Gasteiger partial charge in [0, 0.05) is 0 Å². The summed E-state index contributed by atoms with van der Waals surface area (Å²) in [4.78, 5) is 12.3. The summed E-state index contributed by atoms with van der Waals surface area (Å²) in [5.74, 6) is -1.99. The van der Waals surface area contributed by atoms with E-state index in [2.05, 4.69) is 6.58 Å². The predicted octanol–water partition coefficient (Wildman–Crippen LogP) is 5.46. The van der Waals surface area contributed by atoms with E-state index in [0.29, 0.717) is 16.5 Å². The lowest BCUT2D eigenvalue weighted by molar-refractivity contribution is 0.0735. The van der Waals surface area contributed by atoms with Crippen molar-refractivity contribution in [3.05, 3.63) is 90.0 Å². The van der Waals surface area contributed by atoms with Gasteiger partial charge in [-0.1, -0.05) is 24.3 Å². The quantitative estimate of drug-likeness (QED) is 0.351. The summed E-state index contributed by atoms with van der Waals surface area (Å²) in [6.07, 6.45) is 3.61. The van der Waals surface area contributed by atoms with E-state index in [1.165, 1.54) is 12.1 Å². The summed E-state index contributed by atoms with van der Waals surface area (Å²) >= 11 is 0. The van der Waals surface area contributed by atoms with Gasteiger partial charge in [0.25, 0.3) is 0 Å². The molecule has 0 heterocycles. The number of benzene rings is 3. The molecule has 25 heavy (non-hydrogen) atoms. The molecule has 2 nitrogen and oxygen atoms in total. The van der Waals surface area contributed by atoms with Crippen molar-refractivity contribution < 1.29 is 18.3 Å². The third kappa shape index (κ3) is 3.91. The summed E-state index contributed by atoms with van der Waals surface area (Å²) in [6, 6.07) is 14.0. The van der Waals surface area contributed by atoms with E-state index in [-0.39, 0.29) is 5.56 Å². The maximum absolute atomic E-state index is 13.4. The SMILES string of the molecule is C=CCCc1ccc(OC(=O)c2ccc3cc(F)c(F)cc3c2)cc1. The van der Waals surface area contributed by atoms with Crippen LogP contribution in [0.4, 0.5) is 8.78 Å². The fraction of sp³-hybridized carbons (Fsp3) is 0.0952. The summed E-state index contributed by atoms with van der Waals surface area (Å²) in [5, 5.41) is 0.954. The topological polar surface area (TPSA) is 26.3 Å².